The summed E-state index contributed by atoms with van der Waals surface area (Å²) >= 11 is 5.41. The highest BCUT2D eigenvalue weighted by atomic mass is 35.5. The Balaban J connectivity index is 1.82. The largest absolute Gasteiger partial charge is 0.215 e. The molecule has 0 atom stereocenters. The fourth-order valence-corrected chi connectivity index (χ4v) is 3.48. The van der Waals surface area contributed by atoms with E-state index in [1.54, 1.807) is 0 Å². The van der Waals surface area contributed by atoms with Gasteiger partial charge in [0.05, 0.1) is 5.75 Å². The maximum Gasteiger partial charge on any atom is 0.212 e. The van der Waals surface area contributed by atoms with Crippen LogP contribution < -0.4 is 4.72 Å². The lowest BCUT2D eigenvalue weighted by Gasteiger charge is -2.14. The fraction of sp³-hybridized carbons (Fsp3) is 1.00. The molecule has 82 valence electrons. The first-order valence-corrected chi connectivity index (χ1v) is 7.30. The molecule has 2 fully saturated rings. The second-order valence-electron chi connectivity index (χ2n) is 4.47. The average Bonchev–Trinajstić information content (AvgIpc) is 2.96. The molecule has 0 spiro atoms. The molecule has 0 aromatic carbocycles. The van der Waals surface area contributed by atoms with Crippen LogP contribution in [0.5, 0.6) is 0 Å². The number of alkyl halides is 1. The minimum atomic E-state index is -3.11. The lowest BCUT2D eigenvalue weighted by atomic mass is 10.0. The number of sulfonamides is 1. The van der Waals surface area contributed by atoms with E-state index in [9.17, 15) is 8.42 Å². The van der Waals surface area contributed by atoms with Crippen molar-refractivity contribution in [2.24, 2.45) is 11.3 Å². The Labute approximate surface area is 90.3 Å². The van der Waals surface area contributed by atoms with Gasteiger partial charge in [0, 0.05) is 12.4 Å². The molecule has 2 saturated carbocycles. The van der Waals surface area contributed by atoms with Crippen LogP contribution in [0.25, 0.3) is 0 Å². The predicted octanol–water partition coefficient (Wildman–Crippen LogP) is 1.33. The molecule has 3 nitrogen and oxygen atoms in total. The molecular formula is C9H16ClNO2S. The summed E-state index contributed by atoms with van der Waals surface area (Å²) in [6, 6.07) is 0. The van der Waals surface area contributed by atoms with E-state index >= 15 is 0 Å². The maximum atomic E-state index is 11.4. The molecule has 0 aromatic heterocycles. The van der Waals surface area contributed by atoms with E-state index in [2.05, 4.69) is 4.72 Å². The van der Waals surface area contributed by atoms with Gasteiger partial charge in [-0.3, -0.25) is 0 Å². The van der Waals surface area contributed by atoms with Crippen LogP contribution in [0.2, 0.25) is 0 Å². The molecule has 14 heavy (non-hydrogen) atoms. The first-order valence-electron chi connectivity index (χ1n) is 5.11. The summed E-state index contributed by atoms with van der Waals surface area (Å²) in [5.74, 6) is 1.00. The first kappa shape index (κ1) is 10.7. The van der Waals surface area contributed by atoms with Crippen LogP contribution in [0.3, 0.4) is 0 Å². The zero-order valence-electron chi connectivity index (χ0n) is 8.13. The Bertz CT molecular complexity index is 307. The highest BCUT2D eigenvalue weighted by molar-refractivity contribution is 7.89. The molecule has 0 aromatic rings. The Morgan fingerprint density at radius 2 is 2.00 bits per heavy atom. The van der Waals surface area contributed by atoms with Gasteiger partial charge < -0.3 is 0 Å². The van der Waals surface area contributed by atoms with Gasteiger partial charge in [-0.1, -0.05) is 0 Å². The smallest absolute Gasteiger partial charge is 0.212 e. The van der Waals surface area contributed by atoms with E-state index in [1.807, 2.05) is 0 Å². The van der Waals surface area contributed by atoms with E-state index in [0.29, 0.717) is 12.0 Å². The molecule has 2 aliphatic rings. The first-order chi connectivity index (χ1) is 6.58. The summed E-state index contributed by atoms with van der Waals surface area (Å²) < 4.78 is 25.4. The van der Waals surface area contributed by atoms with Crippen molar-refractivity contribution >= 4 is 21.6 Å². The van der Waals surface area contributed by atoms with Gasteiger partial charge in [-0.25, -0.2) is 13.1 Å². The summed E-state index contributed by atoms with van der Waals surface area (Å²) in [5, 5.41) is 0. The van der Waals surface area contributed by atoms with E-state index in [4.69, 9.17) is 11.6 Å². The molecule has 0 amide bonds. The van der Waals surface area contributed by atoms with Gasteiger partial charge in [-0.2, -0.15) is 0 Å². The number of rotatable bonds is 6. The van der Waals surface area contributed by atoms with Crippen LogP contribution in [0.15, 0.2) is 0 Å². The number of halogens is 1. The molecular weight excluding hydrogens is 222 g/mol. The van der Waals surface area contributed by atoms with Crippen molar-refractivity contribution in [3.8, 4) is 0 Å². The second kappa shape index (κ2) is 3.65. The van der Waals surface area contributed by atoms with Crippen molar-refractivity contribution in [1.29, 1.82) is 0 Å². The third-order valence-electron chi connectivity index (χ3n) is 3.33. The van der Waals surface area contributed by atoms with E-state index in [-0.39, 0.29) is 11.6 Å². The van der Waals surface area contributed by atoms with Crippen molar-refractivity contribution in [2.75, 3.05) is 18.2 Å². The van der Waals surface area contributed by atoms with Crippen LogP contribution in [0.4, 0.5) is 0 Å². The average molecular weight is 238 g/mol. The minimum Gasteiger partial charge on any atom is -0.215 e. The van der Waals surface area contributed by atoms with Gasteiger partial charge >= 0.3 is 0 Å². The molecule has 0 saturated heterocycles. The van der Waals surface area contributed by atoms with Gasteiger partial charge in [0.15, 0.2) is 0 Å². The van der Waals surface area contributed by atoms with Gasteiger partial charge in [0.2, 0.25) is 10.0 Å². The van der Waals surface area contributed by atoms with E-state index in [1.165, 1.54) is 25.7 Å². The van der Waals surface area contributed by atoms with E-state index in [0.717, 1.165) is 5.92 Å². The van der Waals surface area contributed by atoms with Crippen molar-refractivity contribution in [3.05, 3.63) is 0 Å². The van der Waals surface area contributed by atoms with Crippen LogP contribution in [-0.2, 0) is 10.0 Å². The third-order valence-corrected chi connectivity index (χ3v) is 5.06. The molecule has 0 heterocycles. The SMILES string of the molecule is O=S(=O)(CCCl)NCC1(C2CC2)CC1. The molecule has 2 aliphatic carbocycles. The summed E-state index contributed by atoms with van der Waals surface area (Å²) in [6.45, 7) is 0.636. The predicted molar refractivity (Wildman–Crippen MR) is 56.9 cm³/mol. The van der Waals surface area contributed by atoms with Gasteiger partial charge in [0.25, 0.3) is 0 Å². The normalized spacial score (nSPS) is 24.9. The Morgan fingerprint density at radius 3 is 2.43 bits per heavy atom. The van der Waals surface area contributed by atoms with E-state index < -0.39 is 10.0 Å². The topological polar surface area (TPSA) is 46.2 Å². The quantitative estimate of drug-likeness (QED) is 0.709. The van der Waals surface area contributed by atoms with Crippen LogP contribution >= 0.6 is 11.6 Å². The molecule has 0 bridgehead atoms. The summed E-state index contributed by atoms with van der Waals surface area (Å²) in [6.07, 6.45) is 4.97. The van der Waals surface area contributed by atoms with Gasteiger partial charge in [0.1, 0.15) is 0 Å². The summed E-state index contributed by atoms with van der Waals surface area (Å²) in [4.78, 5) is 0. The zero-order valence-corrected chi connectivity index (χ0v) is 9.70. The van der Waals surface area contributed by atoms with Crippen molar-refractivity contribution in [3.63, 3.8) is 0 Å². The fourth-order valence-electron chi connectivity index (χ4n) is 2.01. The molecule has 5 heteroatoms. The number of nitrogens with one attached hydrogen (secondary N) is 1. The molecule has 0 aliphatic heterocycles. The highest BCUT2D eigenvalue weighted by Gasteiger charge is 2.53. The molecule has 2 rings (SSSR count). The Hall–Kier alpha value is 0.200. The van der Waals surface area contributed by atoms with Crippen LogP contribution in [-0.4, -0.2) is 26.6 Å². The van der Waals surface area contributed by atoms with Gasteiger partial charge in [-0.05, 0) is 37.0 Å². The number of hydrogen-bond donors (Lipinski definition) is 1. The van der Waals surface area contributed by atoms with Gasteiger partial charge in [-0.15, -0.1) is 11.6 Å². The molecule has 0 radical (unpaired) electrons. The molecule has 1 N–H and O–H groups in total. The van der Waals surface area contributed by atoms with Crippen molar-refractivity contribution in [1.82, 2.24) is 4.72 Å². The van der Waals surface area contributed by atoms with Crippen LogP contribution in [0, 0.1) is 11.3 Å². The lowest BCUT2D eigenvalue weighted by Crippen LogP contribution is -2.33. The minimum absolute atomic E-state index is 0.0370. The summed E-state index contributed by atoms with van der Waals surface area (Å²) in [5.41, 5.74) is 0.333. The summed E-state index contributed by atoms with van der Waals surface area (Å²) in [7, 11) is -3.11. The third kappa shape index (κ3) is 2.41. The monoisotopic (exact) mass is 237 g/mol. The van der Waals surface area contributed by atoms with Crippen LogP contribution in [0.1, 0.15) is 25.7 Å². The highest BCUT2D eigenvalue weighted by Crippen LogP contribution is 2.60. The lowest BCUT2D eigenvalue weighted by molar-refractivity contribution is 0.432. The Morgan fingerprint density at radius 1 is 1.36 bits per heavy atom. The molecule has 0 unspecified atom stereocenters. The second-order valence-corrected chi connectivity index (χ2v) is 6.77. The number of hydrogen-bond acceptors (Lipinski definition) is 2. The van der Waals surface area contributed by atoms with Crippen molar-refractivity contribution in [2.45, 2.75) is 25.7 Å². The standard InChI is InChI=1S/C9H16ClNO2S/c10-5-6-14(12,13)11-7-9(3-4-9)8-1-2-8/h8,11H,1-7H2. The maximum absolute atomic E-state index is 11.4. The van der Waals surface area contributed by atoms with Crippen molar-refractivity contribution < 1.29 is 8.42 Å². The zero-order chi connectivity index (χ0) is 10.2. The Kier molecular flexibility index (Phi) is 2.79.